The molecule has 0 radical (unpaired) electrons. The van der Waals surface area contributed by atoms with Crippen molar-refractivity contribution in [1.29, 1.82) is 0 Å². The highest BCUT2D eigenvalue weighted by molar-refractivity contribution is 5.72. The topological polar surface area (TPSA) is 68.5 Å². The van der Waals surface area contributed by atoms with Crippen LogP contribution in [0.25, 0.3) is 11.4 Å². The third-order valence-electron chi connectivity index (χ3n) is 4.50. The molecule has 1 aromatic carbocycles. The van der Waals surface area contributed by atoms with Gasteiger partial charge in [0, 0.05) is 5.56 Å². The Kier molecular flexibility index (Phi) is 5.79. The van der Waals surface area contributed by atoms with Crippen molar-refractivity contribution < 1.29 is 27.2 Å². The van der Waals surface area contributed by atoms with Gasteiger partial charge in [0.1, 0.15) is 0 Å². The highest BCUT2D eigenvalue weighted by atomic mass is 19.4. The monoisotopic (exact) mass is 383 g/mol. The van der Waals surface area contributed by atoms with Gasteiger partial charge in [-0.15, -0.1) is 0 Å². The number of piperidine rings is 1. The number of benzene rings is 1. The number of nitrogens with zero attached hydrogens (tertiary/aromatic N) is 3. The molecule has 9 heteroatoms. The van der Waals surface area contributed by atoms with Gasteiger partial charge in [0.25, 0.3) is 0 Å². The summed E-state index contributed by atoms with van der Waals surface area (Å²) >= 11 is 0. The zero-order chi connectivity index (χ0) is 19.4. The van der Waals surface area contributed by atoms with Gasteiger partial charge in [-0.3, -0.25) is 9.69 Å². The zero-order valence-corrected chi connectivity index (χ0v) is 14.8. The molecule has 0 atom stereocenters. The average molecular weight is 383 g/mol. The Balaban J connectivity index is 1.57. The average Bonchev–Trinajstić information content (AvgIpc) is 3.10. The Morgan fingerprint density at radius 3 is 2.52 bits per heavy atom. The van der Waals surface area contributed by atoms with Crippen LogP contribution in [0.15, 0.2) is 28.8 Å². The number of rotatable bonds is 5. The largest absolute Gasteiger partial charge is 0.466 e. The lowest BCUT2D eigenvalue weighted by Crippen LogP contribution is -2.36. The van der Waals surface area contributed by atoms with Crippen LogP contribution in [0.2, 0.25) is 0 Å². The fraction of sp³-hybridized carbons (Fsp3) is 0.500. The SMILES string of the molecule is CCOC(=O)C1CCN(Cc2nc(-c3ccc(C(F)(F)F)cc3)no2)CC1. The number of carbonyl (C=O) groups is 1. The minimum Gasteiger partial charge on any atom is -0.466 e. The normalized spacial score (nSPS) is 16.4. The van der Waals surface area contributed by atoms with Crippen LogP contribution in [-0.4, -0.2) is 40.7 Å². The van der Waals surface area contributed by atoms with E-state index in [1.165, 1.54) is 12.1 Å². The number of alkyl halides is 3. The molecule has 6 nitrogen and oxygen atoms in total. The summed E-state index contributed by atoms with van der Waals surface area (Å²) in [6.45, 7) is 4.02. The van der Waals surface area contributed by atoms with Gasteiger partial charge in [0.15, 0.2) is 0 Å². The van der Waals surface area contributed by atoms with Gasteiger partial charge in [-0.2, -0.15) is 18.2 Å². The molecule has 1 aliphatic rings. The van der Waals surface area contributed by atoms with Crippen molar-refractivity contribution in [2.45, 2.75) is 32.5 Å². The van der Waals surface area contributed by atoms with E-state index in [1.54, 1.807) is 6.92 Å². The van der Waals surface area contributed by atoms with Crippen LogP contribution in [0.4, 0.5) is 13.2 Å². The molecule has 2 aromatic rings. The van der Waals surface area contributed by atoms with Crippen LogP contribution in [0.1, 0.15) is 31.2 Å². The van der Waals surface area contributed by atoms with Crippen LogP contribution in [-0.2, 0) is 22.3 Å². The third-order valence-corrected chi connectivity index (χ3v) is 4.50. The molecular formula is C18H20F3N3O3. The molecule has 1 aromatic heterocycles. The van der Waals surface area contributed by atoms with Crippen LogP contribution in [0, 0.1) is 5.92 Å². The van der Waals surface area contributed by atoms with Crippen LogP contribution in [0.5, 0.6) is 0 Å². The van der Waals surface area contributed by atoms with Crippen molar-refractivity contribution in [2.75, 3.05) is 19.7 Å². The first-order chi connectivity index (χ1) is 12.9. The summed E-state index contributed by atoms with van der Waals surface area (Å²) < 4.78 is 48.1. The number of carbonyl (C=O) groups excluding carboxylic acids is 1. The second-order valence-electron chi connectivity index (χ2n) is 6.39. The van der Waals surface area contributed by atoms with E-state index >= 15 is 0 Å². The summed E-state index contributed by atoms with van der Waals surface area (Å²) in [5.74, 6) is 0.408. The molecule has 1 saturated heterocycles. The molecular weight excluding hydrogens is 363 g/mol. The van der Waals surface area contributed by atoms with Crippen molar-refractivity contribution in [2.24, 2.45) is 5.92 Å². The van der Waals surface area contributed by atoms with Crippen molar-refractivity contribution in [3.8, 4) is 11.4 Å². The first-order valence-electron chi connectivity index (χ1n) is 8.76. The van der Waals surface area contributed by atoms with E-state index in [0.29, 0.717) is 50.5 Å². The number of likely N-dealkylation sites (tertiary alicyclic amines) is 1. The number of hydrogen-bond donors (Lipinski definition) is 0. The van der Waals surface area contributed by atoms with E-state index < -0.39 is 11.7 Å². The molecule has 1 aliphatic heterocycles. The number of halogens is 3. The zero-order valence-electron chi connectivity index (χ0n) is 14.8. The van der Waals surface area contributed by atoms with Crippen LogP contribution in [0.3, 0.4) is 0 Å². The molecule has 1 fully saturated rings. The maximum Gasteiger partial charge on any atom is 0.416 e. The lowest BCUT2D eigenvalue weighted by molar-refractivity contribution is -0.149. The highest BCUT2D eigenvalue weighted by Crippen LogP contribution is 2.30. The van der Waals surface area contributed by atoms with Crippen molar-refractivity contribution >= 4 is 5.97 Å². The van der Waals surface area contributed by atoms with Gasteiger partial charge in [-0.05, 0) is 45.0 Å². The molecule has 27 heavy (non-hydrogen) atoms. The van der Waals surface area contributed by atoms with Crippen LogP contribution < -0.4 is 0 Å². The van der Waals surface area contributed by atoms with E-state index in [9.17, 15) is 18.0 Å². The van der Waals surface area contributed by atoms with Crippen molar-refractivity contribution in [1.82, 2.24) is 15.0 Å². The maximum atomic E-state index is 12.6. The molecule has 3 rings (SSSR count). The van der Waals surface area contributed by atoms with Gasteiger partial charge >= 0.3 is 12.1 Å². The van der Waals surface area contributed by atoms with Gasteiger partial charge in [-0.25, -0.2) is 0 Å². The predicted octanol–water partition coefficient (Wildman–Crippen LogP) is 3.53. The summed E-state index contributed by atoms with van der Waals surface area (Å²) in [6, 6.07) is 4.63. The number of hydrogen-bond acceptors (Lipinski definition) is 6. The van der Waals surface area contributed by atoms with Gasteiger partial charge < -0.3 is 9.26 Å². The Morgan fingerprint density at radius 1 is 1.26 bits per heavy atom. The minimum atomic E-state index is -4.38. The summed E-state index contributed by atoms with van der Waals surface area (Å²) in [5, 5.41) is 3.84. The third kappa shape index (κ3) is 4.85. The fourth-order valence-corrected chi connectivity index (χ4v) is 3.02. The van der Waals surface area contributed by atoms with E-state index in [0.717, 1.165) is 12.1 Å². The molecule has 0 N–H and O–H groups in total. The fourth-order valence-electron chi connectivity index (χ4n) is 3.02. The molecule has 0 aliphatic carbocycles. The number of aromatic nitrogens is 2. The Morgan fingerprint density at radius 2 is 1.93 bits per heavy atom. The number of ether oxygens (including phenoxy) is 1. The van der Waals surface area contributed by atoms with E-state index in [-0.39, 0.29) is 17.7 Å². The quantitative estimate of drug-likeness (QED) is 0.736. The summed E-state index contributed by atoms with van der Waals surface area (Å²) in [7, 11) is 0. The van der Waals surface area contributed by atoms with Gasteiger partial charge in [-0.1, -0.05) is 17.3 Å². The lowest BCUT2D eigenvalue weighted by atomic mass is 9.97. The molecule has 0 spiro atoms. The molecule has 146 valence electrons. The van der Waals surface area contributed by atoms with E-state index in [1.807, 2.05) is 0 Å². The molecule has 2 heterocycles. The molecule has 0 amide bonds. The molecule has 0 saturated carbocycles. The molecule has 0 unspecified atom stereocenters. The second-order valence-corrected chi connectivity index (χ2v) is 6.39. The minimum absolute atomic E-state index is 0.0772. The Labute approximate surface area is 154 Å². The van der Waals surface area contributed by atoms with Gasteiger partial charge in [0.05, 0.1) is 24.6 Å². The summed E-state index contributed by atoms with van der Waals surface area (Å²) in [5.41, 5.74) is -0.265. The van der Waals surface area contributed by atoms with Gasteiger partial charge in [0.2, 0.25) is 11.7 Å². The summed E-state index contributed by atoms with van der Waals surface area (Å²) in [6.07, 6.45) is -2.96. The predicted molar refractivity (Wildman–Crippen MR) is 89.4 cm³/mol. The highest BCUT2D eigenvalue weighted by Gasteiger charge is 2.30. The first kappa shape index (κ1) is 19.3. The first-order valence-corrected chi connectivity index (χ1v) is 8.76. The van der Waals surface area contributed by atoms with Crippen molar-refractivity contribution in [3.63, 3.8) is 0 Å². The summed E-state index contributed by atoms with van der Waals surface area (Å²) in [4.78, 5) is 18.1. The standard InChI is InChI=1S/C18H20F3N3O3/c1-2-26-17(25)13-7-9-24(10-8-13)11-15-22-16(23-27-15)12-3-5-14(6-4-12)18(19,20)21/h3-6,13H,2,7-11H2,1H3. The van der Waals surface area contributed by atoms with E-state index in [4.69, 9.17) is 9.26 Å². The number of esters is 1. The second kappa shape index (κ2) is 8.08. The maximum absolute atomic E-state index is 12.6. The lowest BCUT2D eigenvalue weighted by Gasteiger charge is -2.29. The van der Waals surface area contributed by atoms with Crippen molar-refractivity contribution in [3.05, 3.63) is 35.7 Å². The Hall–Kier alpha value is -2.42. The molecule has 0 bridgehead atoms. The smallest absolute Gasteiger partial charge is 0.416 e. The van der Waals surface area contributed by atoms with Crippen LogP contribution >= 0.6 is 0 Å². The van der Waals surface area contributed by atoms with E-state index in [2.05, 4.69) is 15.0 Å². The Bertz CT molecular complexity index is 766.